The molecule has 0 fully saturated rings. The van der Waals surface area contributed by atoms with E-state index in [1.165, 1.54) is 11.4 Å². The second-order valence-corrected chi connectivity index (χ2v) is 7.64. The van der Waals surface area contributed by atoms with Crippen LogP contribution >= 0.6 is 0 Å². The number of nitrogens with zero attached hydrogens (tertiary/aromatic N) is 3. The molecule has 8 heteroatoms. The van der Waals surface area contributed by atoms with Crippen molar-refractivity contribution >= 4 is 27.0 Å². The molecule has 0 saturated heterocycles. The van der Waals surface area contributed by atoms with E-state index >= 15 is 0 Å². The van der Waals surface area contributed by atoms with Gasteiger partial charge in [-0.1, -0.05) is 12.1 Å². The Hall–Kier alpha value is -1.93. The van der Waals surface area contributed by atoms with E-state index in [4.69, 9.17) is 0 Å². The van der Waals surface area contributed by atoms with E-state index in [1.807, 2.05) is 35.8 Å². The van der Waals surface area contributed by atoms with Gasteiger partial charge in [0, 0.05) is 20.1 Å². The number of carbonyl (C=O) groups excluding carboxylic acids is 1. The minimum absolute atomic E-state index is 0.116. The first-order valence-corrected chi connectivity index (χ1v) is 9.26. The number of rotatable bonds is 7. The number of nitrogens with one attached hydrogen (secondary N) is 1. The van der Waals surface area contributed by atoms with Crippen LogP contribution in [0.4, 0.5) is 0 Å². The first-order chi connectivity index (χ1) is 10.8. The average Bonchev–Trinajstić information content (AvgIpc) is 2.93. The van der Waals surface area contributed by atoms with Gasteiger partial charge in [0.15, 0.2) is 0 Å². The van der Waals surface area contributed by atoms with Gasteiger partial charge < -0.3 is 9.88 Å². The zero-order valence-electron chi connectivity index (χ0n) is 13.6. The number of imidazole rings is 1. The van der Waals surface area contributed by atoms with Crippen molar-refractivity contribution in [2.24, 2.45) is 0 Å². The van der Waals surface area contributed by atoms with Crippen LogP contribution in [0.1, 0.15) is 19.4 Å². The highest BCUT2D eigenvalue weighted by Crippen LogP contribution is 2.17. The third-order valence-electron chi connectivity index (χ3n) is 3.79. The fourth-order valence-electron chi connectivity index (χ4n) is 2.24. The lowest BCUT2D eigenvalue weighted by atomic mass is 10.2. The molecule has 2 rings (SSSR count). The number of fused-ring (bicyclic) bond motifs is 1. The quantitative estimate of drug-likeness (QED) is 0.763. The van der Waals surface area contributed by atoms with E-state index < -0.39 is 10.0 Å². The van der Waals surface area contributed by atoms with Crippen LogP contribution in [0.5, 0.6) is 0 Å². The zero-order chi connectivity index (χ0) is 17.0. The third kappa shape index (κ3) is 4.29. The molecule has 1 aromatic heterocycles. The summed E-state index contributed by atoms with van der Waals surface area (Å²) in [7, 11) is -1.65. The number of sulfonamides is 1. The second kappa shape index (κ2) is 7.10. The summed E-state index contributed by atoms with van der Waals surface area (Å²) < 4.78 is 25.6. The number of para-hydroxylation sites is 2. The average molecular weight is 338 g/mol. The SMILES string of the molecule is CC(C(=O)NCCCN(C)S(C)(=O)=O)n1cnc2ccccc21. The van der Waals surface area contributed by atoms with Gasteiger partial charge in [-0.05, 0) is 25.5 Å². The summed E-state index contributed by atoms with van der Waals surface area (Å²) in [5.41, 5.74) is 1.76. The molecule has 0 aliphatic heterocycles. The Balaban J connectivity index is 1.89. The molecular weight excluding hydrogens is 316 g/mol. The van der Waals surface area contributed by atoms with Crippen molar-refractivity contribution in [3.8, 4) is 0 Å². The molecule has 0 aliphatic carbocycles. The van der Waals surface area contributed by atoms with Gasteiger partial charge in [-0.3, -0.25) is 4.79 Å². The van der Waals surface area contributed by atoms with Gasteiger partial charge in [0.2, 0.25) is 15.9 Å². The van der Waals surface area contributed by atoms with Crippen LogP contribution in [0.3, 0.4) is 0 Å². The lowest BCUT2D eigenvalue weighted by molar-refractivity contribution is -0.123. The van der Waals surface area contributed by atoms with Crippen molar-refractivity contribution in [1.29, 1.82) is 0 Å². The maximum Gasteiger partial charge on any atom is 0.242 e. The van der Waals surface area contributed by atoms with Crippen LogP contribution in [-0.4, -0.2) is 54.6 Å². The van der Waals surface area contributed by atoms with Crippen molar-refractivity contribution < 1.29 is 13.2 Å². The summed E-state index contributed by atoms with van der Waals surface area (Å²) in [6.07, 6.45) is 3.39. The summed E-state index contributed by atoms with van der Waals surface area (Å²) in [6.45, 7) is 2.61. The Kier molecular flexibility index (Phi) is 5.38. The molecule has 0 radical (unpaired) electrons. The molecule has 0 aliphatic rings. The largest absolute Gasteiger partial charge is 0.354 e. The predicted molar refractivity (Wildman–Crippen MR) is 89.5 cm³/mol. The predicted octanol–water partition coefficient (Wildman–Crippen LogP) is 0.995. The highest BCUT2D eigenvalue weighted by molar-refractivity contribution is 7.88. The van der Waals surface area contributed by atoms with Gasteiger partial charge in [0.05, 0.1) is 23.6 Å². The number of aromatic nitrogens is 2. The zero-order valence-corrected chi connectivity index (χ0v) is 14.4. The highest BCUT2D eigenvalue weighted by Gasteiger charge is 2.17. The molecule has 0 spiro atoms. The fourth-order valence-corrected chi connectivity index (χ4v) is 2.70. The Morgan fingerprint density at radius 3 is 2.78 bits per heavy atom. The summed E-state index contributed by atoms with van der Waals surface area (Å²) in [6, 6.07) is 7.26. The summed E-state index contributed by atoms with van der Waals surface area (Å²) in [5, 5.41) is 2.83. The van der Waals surface area contributed by atoms with Gasteiger partial charge in [-0.2, -0.15) is 0 Å². The van der Waals surface area contributed by atoms with Gasteiger partial charge in [-0.25, -0.2) is 17.7 Å². The molecule has 2 aromatic rings. The number of amides is 1. The Bertz CT molecular complexity index is 785. The van der Waals surface area contributed by atoms with Crippen LogP contribution in [0.2, 0.25) is 0 Å². The van der Waals surface area contributed by atoms with E-state index in [1.54, 1.807) is 6.33 Å². The van der Waals surface area contributed by atoms with Gasteiger partial charge in [0.25, 0.3) is 0 Å². The molecule has 0 saturated carbocycles. The molecule has 1 aromatic carbocycles. The van der Waals surface area contributed by atoms with E-state index in [0.29, 0.717) is 19.5 Å². The van der Waals surface area contributed by atoms with Crippen molar-refractivity contribution in [3.05, 3.63) is 30.6 Å². The van der Waals surface area contributed by atoms with Gasteiger partial charge in [-0.15, -0.1) is 0 Å². The Labute approximate surface area is 136 Å². The highest BCUT2D eigenvalue weighted by atomic mass is 32.2. The van der Waals surface area contributed by atoms with Crippen molar-refractivity contribution in [2.75, 3.05) is 26.4 Å². The molecule has 7 nitrogen and oxygen atoms in total. The smallest absolute Gasteiger partial charge is 0.242 e. The van der Waals surface area contributed by atoms with E-state index in [-0.39, 0.29) is 11.9 Å². The van der Waals surface area contributed by atoms with Crippen LogP contribution in [0.25, 0.3) is 11.0 Å². The van der Waals surface area contributed by atoms with Crippen molar-refractivity contribution in [1.82, 2.24) is 19.2 Å². The lowest BCUT2D eigenvalue weighted by Crippen LogP contribution is -2.34. The first kappa shape index (κ1) is 17.4. The van der Waals surface area contributed by atoms with Crippen LogP contribution in [0.15, 0.2) is 30.6 Å². The number of hydrogen-bond donors (Lipinski definition) is 1. The number of benzene rings is 1. The molecular formula is C15H22N4O3S. The van der Waals surface area contributed by atoms with Crippen molar-refractivity contribution in [2.45, 2.75) is 19.4 Å². The van der Waals surface area contributed by atoms with Crippen molar-refractivity contribution in [3.63, 3.8) is 0 Å². The Morgan fingerprint density at radius 2 is 2.09 bits per heavy atom. The van der Waals surface area contributed by atoms with E-state index in [2.05, 4.69) is 10.3 Å². The van der Waals surface area contributed by atoms with Crippen LogP contribution in [0, 0.1) is 0 Å². The molecule has 23 heavy (non-hydrogen) atoms. The van der Waals surface area contributed by atoms with Crippen LogP contribution in [-0.2, 0) is 14.8 Å². The molecule has 1 N–H and O–H groups in total. The maximum atomic E-state index is 12.2. The molecule has 1 unspecified atom stereocenters. The maximum absolute atomic E-state index is 12.2. The molecule has 0 bridgehead atoms. The second-order valence-electron chi connectivity index (χ2n) is 5.55. The number of carbonyl (C=O) groups is 1. The summed E-state index contributed by atoms with van der Waals surface area (Å²) in [4.78, 5) is 16.5. The molecule has 126 valence electrons. The topological polar surface area (TPSA) is 84.3 Å². The Morgan fingerprint density at radius 1 is 1.39 bits per heavy atom. The lowest BCUT2D eigenvalue weighted by Gasteiger charge is -2.16. The monoisotopic (exact) mass is 338 g/mol. The normalized spacial score (nSPS) is 13.4. The van der Waals surface area contributed by atoms with E-state index in [0.717, 1.165) is 17.3 Å². The minimum Gasteiger partial charge on any atom is -0.354 e. The number of hydrogen-bond acceptors (Lipinski definition) is 4. The van der Waals surface area contributed by atoms with Gasteiger partial charge in [0.1, 0.15) is 6.04 Å². The molecule has 1 amide bonds. The summed E-state index contributed by atoms with van der Waals surface area (Å²) >= 11 is 0. The fraction of sp³-hybridized carbons (Fsp3) is 0.467. The summed E-state index contributed by atoms with van der Waals surface area (Å²) in [5.74, 6) is -0.116. The molecule has 1 atom stereocenters. The minimum atomic E-state index is -3.17. The third-order valence-corrected chi connectivity index (χ3v) is 5.11. The first-order valence-electron chi connectivity index (χ1n) is 7.41. The standard InChI is InChI=1S/C15H22N4O3S/c1-12(19-11-17-13-7-4-5-8-14(13)19)15(20)16-9-6-10-18(2)23(3,21)22/h4-5,7-8,11-12H,6,9-10H2,1-3H3,(H,16,20). The van der Waals surface area contributed by atoms with Crippen LogP contribution < -0.4 is 5.32 Å². The van der Waals surface area contributed by atoms with Gasteiger partial charge >= 0.3 is 0 Å². The molecule has 1 heterocycles. The van der Waals surface area contributed by atoms with E-state index in [9.17, 15) is 13.2 Å².